The van der Waals surface area contributed by atoms with Crippen molar-refractivity contribution in [2.24, 2.45) is 0 Å². The van der Waals surface area contributed by atoms with E-state index in [1.165, 1.54) is 12.1 Å². The summed E-state index contributed by atoms with van der Waals surface area (Å²) in [6.07, 6.45) is 0.467. The molecule has 1 aromatic carbocycles. The van der Waals surface area contributed by atoms with Gasteiger partial charge in [0.15, 0.2) is 0 Å². The van der Waals surface area contributed by atoms with E-state index >= 15 is 0 Å². The van der Waals surface area contributed by atoms with Gasteiger partial charge in [0.25, 0.3) is 0 Å². The van der Waals surface area contributed by atoms with Crippen molar-refractivity contribution < 1.29 is 9.50 Å². The minimum absolute atomic E-state index is 0.0583. The van der Waals surface area contributed by atoms with Crippen LogP contribution in [0.15, 0.2) is 24.3 Å². The van der Waals surface area contributed by atoms with Gasteiger partial charge in [-0.05, 0) is 44.5 Å². The molecule has 1 atom stereocenters. The molecular formula is C12H16FNO. The number of benzene rings is 1. The lowest BCUT2D eigenvalue weighted by molar-refractivity contribution is 0.188. The third-order valence-electron chi connectivity index (χ3n) is 3.00. The summed E-state index contributed by atoms with van der Waals surface area (Å²) >= 11 is 0. The summed E-state index contributed by atoms with van der Waals surface area (Å²) in [6, 6.07) is 6.43. The Morgan fingerprint density at radius 2 is 1.93 bits per heavy atom. The van der Waals surface area contributed by atoms with Gasteiger partial charge in [0.2, 0.25) is 0 Å². The monoisotopic (exact) mass is 209 g/mol. The van der Waals surface area contributed by atoms with Crippen LogP contribution in [0.4, 0.5) is 10.1 Å². The molecule has 0 spiro atoms. The van der Waals surface area contributed by atoms with Crippen LogP contribution in [-0.2, 0) is 0 Å². The Labute approximate surface area is 89.3 Å². The Bertz CT molecular complexity index is 347. The van der Waals surface area contributed by atoms with Gasteiger partial charge in [0.05, 0.1) is 6.10 Å². The van der Waals surface area contributed by atoms with Gasteiger partial charge in [-0.3, -0.25) is 0 Å². The molecule has 1 unspecified atom stereocenters. The highest BCUT2D eigenvalue weighted by atomic mass is 19.1. The van der Waals surface area contributed by atoms with Crippen molar-refractivity contribution in [1.29, 1.82) is 0 Å². The van der Waals surface area contributed by atoms with Crippen LogP contribution in [0.5, 0.6) is 0 Å². The molecule has 1 heterocycles. The van der Waals surface area contributed by atoms with Crippen LogP contribution in [0.3, 0.4) is 0 Å². The number of nitrogens with zero attached hydrogens (tertiary/aromatic N) is 1. The van der Waals surface area contributed by atoms with Crippen molar-refractivity contribution in [3.8, 4) is 0 Å². The SMILES string of the molecule is CC1(C)CC(O)CN1c1ccc(F)cc1. The Morgan fingerprint density at radius 3 is 2.40 bits per heavy atom. The zero-order chi connectivity index (χ0) is 11.1. The first kappa shape index (κ1) is 10.4. The number of rotatable bonds is 1. The van der Waals surface area contributed by atoms with Crippen molar-refractivity contribution in [3.63, 3.8) is 0 Å². The van der Waals surface area contributed by atoms with Crippen molar-refractivity contribution in [3.05, 3.63) is 30.1 Å². The lowest BCUT2D eigenvalue weighted by Crippen LogP contribution is -2.38. The molecular weight excluding hydrogens is 193 g/mol. The maximum absolute atomic E-state index is 12.8. The summed E-state index contributed by atoms with van der Waals surface area (Å²) in [5.74, 6) is -0.226. The van der Waals surface area contributed by atoms with E-state index < -0.39 is 0 Å². The molecule has 0 radical (unpaired) electrons. The van der Waals surface area contributed by atoms with E-state index in [-0.39, 0.29) is 17.5 Å². The normalized spacial score (nSPS) is 24.5. The molecule has 0 amide bonds. The molecule has 1 aliphatic rings. The van der Waals surface area contributed by atoms with E-state index in [0.717, 1.165) is 12.1 Å². The number of β-amino-alcohol motifs (C(OH)–C–C–N with tert-alkyl or cyclic N) is 1. The number of anilines is 1. The summed E-state index contributed by atoms with van der Waals surface area (Å²) in [5, 5.41) is 9.64. The van der Waals surface area contributed by atoms with Gasteiger partial charge in [-0.15, -0.1) is 0 Å². The van der Waals surface area contributed by atoms with Crippen LogP contribution < -0.4 is 4.90 Å². The van der Waals surface area contributed by atoms with Crippen LogP contribution in [0.2, 0.25) is 0 Å². The molecule has 0 aromatic heterocycles. The predicted octanol–water partition coefficient (Wildman–Crippen LogP) is 2.18. The predicted molar refractivity (Wildman–Crippen MR) is 58.4 cm³/mol. The van der Waals surface area contributed by atoms with Gasteiger partial charge in [-0.2, -0.15) is 0 Å². The van der Waals surface area contributed by atoms with Crippen LogP contribution in [0, 0.1) is 5.82 Å². The van der Waals surface area contributed by atoms with E-state index in [4.69, 9.17) is 0 Å². The number of aliphatic hydroxyl groups is 1. The Morgan fingerprint density at radius 1 is 1.33 bits per heavy atom. The second-order valence-electron chi connectivity index (χ2n) is 4.76. The summed E-state index contributed by atoms with van der Waals surface area (Å²) in [5.41, 5.74) is 0.912. The topological polar surface area (TPSA) is 23.5 Å². The summed E-state index contributed by atoms with van der Waals surface area (Å²) in [6.45, 7) is 4.80. The number of aliphatic hydroxyl groups excluding tert-OH is 1. The highest BCUT2D eigenvalue weighted by Crippen LogP contribution is 2.33. The minimum atomic E-state index is -0.287. The first-order valence-corrected chi connectivity index (χ1v) is 5.20. The van der Waals surface area contributed by atoms with Crippen LogP contribution in [0.25, 0.3) is 0 Å². The number of hydrogen-bond donors (Lipinski definition) is 1. The lowest BCUT2D eigenvalue weighted by Gasteiger charge is -2.33. The molecule has 1 saturated heterocycles. The fourth-order valence-electron chi connectivity index (χ4n) is 2.29. The average Bonchev–Trinajstić information content (AvgIpc) is 2.41. The molecule has 1 aromatic rings. The summed E-state index contributed by atoms with van der Waals surface area (Å²) < 4.78 is 12.8. The smallest absolute Gasteiger partial charge is 0.123 e. The van der Waals surface area contributed by atoms with Gasteiger partial charge in [0.1, 0.15) is 5.82 Å². The van der Waals surface area contributed by atoms with Gasteiger partial charge in [-0.1, -0.05) is 0 Å². The minimum Gasteiger partial charge on any atom is -0.391 e. The largest absolute Gasteiger partial charge is 0.391 e. The number of halogens is 1. The molecule has 82 valence electrons. The van der Waals surface area contributed by atoms with E-state index in [1.807, 2.05) is 0 Å². The first-order chi connectivity index (χ1) is 6.99. The molecule has 0 saturated carbocycles. The summed E-state index contributed by atoms with van der Waals surface area (Å²) in [4.78, 5) is 2.12. The quantitative estimate of drug-likeness (QED) is 0.766. The van der Waals surface area contributed by atoms with Gasteiger partial charge in [0, 0.05) is 17.8 Å². The fraction of sp³-hybridized carbons (Fsp3) is 0.500. The molecule has 2 nitrogen and oxygen atoms in total. The Hall–Kier alpha value is -1.09. The van der Waals surface area contributed by atoms with E-state index in [1.54, 1.807) is 12.1 Å². The second kappa shape index (κ2) is 3.49. The maximum atomic E-state index is 12.8. The van der Waals surface area contributed by atoms with Gasteiger partial charge < -0.3 is 10.0 Å². The molecule has 1 aliphatic heterocycles. The third-order valence-corrected chi connectivity index (χ3v) is 3.00. The van der Waals surface area contributed by atoms with Gasteiger partial charge in [-0.25, -0.2) is 4.39 Å². The molecule has 15 heavy (non-hydrogen) atoms. The average molecular weight is 209 g/mol. The standard InChI is InChI=1S/C12H16FNO/c1-12(2)7-11(15)8-14(12)10-5-3-9(13)4-6-10/h3-6,11,15H,7-8H2,1-2H3. The first-order valence-electron chi connectivity index (χ1n) is 5.20. The van der Waals surface area contributed by atoms with Crippen molar-refractivity contribution >= 4 is 5.69 Å². The zero-order valence-corrected chi connectivity index (χ0v) is 9.07. The Balaban J connectivity index is 2.27. The van der Waals surface area contributed by atoms with Crippen molar-refractivity contribution in [2.45, 2.75) is 31.9 Å². The van der Waals surface area contributed by atoms with Gasteiger partial charge >= 0.3 is 0 Å². The van der Waals surface area contributed by atoms with E-state index in [2.05, 4.69) is 18.7 Å². The van der Waals surface area contributed by atoms with E-state index in [0.29, 0.717) is 6.54 Å². The molecule has 1 fully saturated rings. The molecule has 0 aliphatic carbocycles. The molecule has 2 rings (SSSR count). The maximum Gasteiger partial charge on any atom is 0.123 e. The highest BCUT2D eigenvalue weighted by Gasteiger charge is 2.37. The zero-order valence-electron chi connectivity index (χ0n) is 9.07. The fourth-order valence-corrected chi connectivity index (χ4v) is 2.29. The number of hydrogen-bond acceptors (Lipinski definition) is 2. The van der Waals surface area contributed by atoms with Crippen LogP contribution >= 0.6 is 0 Å². The lowest BCUT2D eigenvalue weighted by atomic mass is 10.0. The van der Waals surface area contributed by atoms with E-state index in [9.17, 15) is 9.50 Å². The van der Waals surface area contributed by atoms with Crippen LogP contribution in [0.1, 0.15) is 20.3 Å². The molecule has 0 bridgehead atoms. The second-order valence-corrected chi connectivity index (χ2v) is 4.76. The Kier molecular flexibility index (Phi) is 2.43. The highest BCUT2D eigenvalue weighted by molar-refractivity contribution is 5.50. The molecule has 3 heteroatoms. The third kappa shape index (κ3) is 1.97. The molecule has 1 N–H and O–H groups in total. The van der Waals surface area contributed by atoms with Crippen LogP contribution in [-0.4, -0.2) is 23.3 Å². The van der Waals surface area contributed by atoms with Crippen molar-refractivity contribution in [1.82, 2.24) is 0 Å². The van der Waals surface area contributed by atoms with Crippen molar-refractivity contribution in [2.75, 3.05) is 11.4 Å². The summed E-state index contributed by atoms with van der Waals surface area (Å²) in [7, 11) is 0.